The number of Topliss-reactive ketones (excluding diaryl/α,β-unsaturated/α-hetero) is 2. The van der Waals surface area contributed by atoms with Crippen LogP contribution >= 0.6 is 0 Å². The summed E-state index contributed by atoms with van der Waals surface area (Å²) in [5, 5.41) is 2.01. The van der Waals surface area contributed by atoms with E-state index in [0.29, 0.717) is 11.1 Å². The molecule has 0 spiro atoms. The van der Waals surface area contributed by atoms with Gasteiger partial charge in [-0.3, -0.25) is 9.59 Å². The van der Waals surface area contributed by atoms with Gasteiger partial charge in [-0.2, -0.15) is 0 Å². The monoisotopic (exact) mass is 417 g/mol. The lowest BCUT2D eigenvalue weighted by Crippen LogP contribution is -2.17. The molecule has 0 saturated heterocycles. The zero-order valence-electron chi connectivity index (χ0n) is 18.3. The van der Waals surface area contributed by atoms with Gasteiger partial charge < -0.3 is 4.57 Å². The minimum Gasteiger partial charge on any atom is -0.309 e. The number of carbonyl (C=O) groups is 2. The summed E-state index contributed by atoms with van der Waals surface area (Å²) in [4.78, 5) is 26.4. The van der Waals surface area contributed by atoms with Crippen molar-refractivity contribution in [3.05, 3.63) is 113 Å². The van der Waals surface area contributed by atoms with Crippen molar-refractivity contribution >= 4 is 33.4 Å². The molecule has 156 valence electrons. The number of benzene rings is 4. The second-order valence-electron chi connectivity index (χ2n) is 8.35. The maximum Gasteiger partial charge on any atom is 0.234 e. The van der Waals surface area contributed by atoms with E-state index in [-0.39, 0.29) is 0 Å². The molecule has 0 atom stereocenters. The predicted molar refractivity (Wildman–Crippen MR) is 130 cm³/mol. The highest BCUT2D eigenvalue weighted by molar-refractivity contribution is 6.50. The Balaban J connectivity index is 1.67. The third-order valence-electron chi connectivity index (χ3n) is 6.06. The third-order valence-corrected chi connectivity index (χ3v) is 6.06. The van der Waals surface area contributed by atoms with E-state index < -0.39 is 11.6 Å². The van der Waals surface area contributed by atoms with Gasteiger partial charge in [0.2, 0.25) is 11.6 Å². The summed E-state index contributed by atoms with van der Waals surface area (Å²) in [6, 6.07) is 27.8. The number of hydrogen-bond acceptors (Lipinski definition) is 2. The number of aromatic nitrogens is 1. The van der Waals surface area contributed by atoms with Crippen LogP contribution in [-0.2, 0) is 0 Å². The standard InChI is InChI=1S/C29H23NO2/c1-18-15-19(2)27(20(3)16-18)29(32)28(31)21-13-14-26-24(17-21)23-11-7-8-12-25(23)30(26)22-9-5-4-6-10-22/h4-17H,1-3H3. The summed E-state index contributed by atoms with van der Waals surface area (Å²) in [7, 11) is 0. The van der Waals surface area contributed by atoms with E-state index in [2.05, 4.69) is 28.8 Å². The lowest BCUT2D eigenvalue weighted by Gasteiger charge is -2.10. The smallest absolute Gasteiger partial charge is 0.234 e. The fourth-order valence-electron chi connectivity index (χ4n) is 4.75. The number of para-hydroxylation sites is 2. The van der Waals surface area contributed by atoms with E-state index in [4.69, 9.17) is 0 Å². The zero-order chi connectivity index (χ0) is 22.4. The Morgan fingerprint density at radius 3 is 1.97 bits per heavy atom. The van der Waals surface area contributed by atoms with Crippen molar-refractivity contribution in [1.29, 1.82) is 0 Å². The molecule has 0 fully saturated rings. The Bertz CT molecular complexity index is 1500. The summed E-state index contributed by atoms with van der Waals surface area (Å²) in [5.41, 5.74) is 6.80. The second-order valence-corrected chi connectivity index (χ2v) is 8.35. The zero-order valence-corrected chi connectivity index (χ0v) is 18.3. The molecule has 3 heteroatoms. The van der Waals surface area contributed by atoms with E-state index >= 15 is 0 Å². The van der Waals surface area contributed by atoms with Crippen LogP contribution in [0.15, 0.2) is 84.9 Å². The molecular formula is C29H23NO2. The Labute approximate surface area is 186 Å². The quantitative estimate of drug-likeness (QED) is 0.239. The topological polar surface area (TPSA) is 39.1 Å². The lowest BCUT2D eigenvalue weighted by atomic mass is 9.92. The summed E-state index contributed by atoms with van der Waals surface area (Å²) >= 11 is 0. The normalized spacial score (nSPS) is 11.2. The molecule has 1 aromatic heterocycles. The minimum atomic E-state index is -0.474. The summed E-state index contributed by atoms with van der Waals surface area (Å²) in [6.45, 7) is 5.76. The molecule has 5 aromatic rings. The first-order valence-electron chi connectivity index (χ1n) is 10.7. The molecule has 0 amide bonds. The lowest BCUT2D eigenvalue weighted by molar-refractivity contribution is 0.0816. The Morgan fingerprint density at radius 1 is 0.625 bits per heavy atom. The average Bonchev–Trinajstić information content (AvgIpc) is 3.12. The van der Waals surface area contributed by atoms with Crippen LogP contribution in [-0.4, -0.2) is 16.1 Å². The van der Waals surface area contributed by atoms with Crippen molar-refractivity contribution < 1.29 is 9.59 Å². The minimum absolute atomic E-state index is 0.415. The first-order valence-corrected chi connectivity index (χ1v) is 10.7. The first-order chi connectivity index (χ1) is 15.5. The highest BCUT2D eigenvalue weighted by atomic mass is 16.2. The third kappa shape index (κ3) is 3.14. The largest absolute Gasteiger partial charge is 0.309 e. The van der Waals surface area contributed by atoms with Crippen molar-refractivity contribution in [2.75, 3.05) is 0 Å². The van der Waals surface area contributed by atoms with Crippen molar-refractivity contribution in [1.82, 2.24) is 4.57 Å². The van der Waals surface area contributed by atoms with Gasteiger partial charge in [-0.25, -0.2) is 0 Å². The number of ketones is 2. The van der Waals surface area contributed by atoms with Crippen LogP contribution in [0.5, 0.6) is 0 Å². The highest BCUT2D eigenvalue weighted by Crippen LogP contribution is 2.33. The Kier molecular flexibility index (Phi) is 4.75. The van der Waals surface area contributed by atoms with Gasteiger partial charge in [0.1, 0.15) is 0 Å². The maximum absolute atomic E-state index is 13.2. The van der Waals surface area contributed by atoms with Gasteiger partial charge in [0, 0.05) is 27.6 Å². The molecular weight excluding hydrogens is 394 g/mol. The van der Waals surface area contributed by atoms with Gasteiger partial charge in [0.05, 0.1) is 11.0 Å². The second kappa shape index (κ2) is 7.61. The fraction of sp³-hybridized carbons (Fsp3) is 0.103. The van der Waals surface area contributed by atoms with Gasteiger partial charge in [0.25, 0.3) is 0 Å². The van der Waals surface area contributed by atoms with Crippen molar-refractivity contribution in [2.45, 2.75) is 20.8 Å². The van der Waals surface area contributed by atoms with Gasteiger partial charge in [-0.15, -0.1) is 0 Å². The summed E-state index contributed by atoms with van der Waals surface area (Å²) in [5.74, 6) is -0.926. The van der Waals surface area contributed by atoms with Crippen LogP contribution in [0, 0.1) is 20.8 Å². The average molecular weight is 418 g/mol. The number of carbonyl (C=O) groups excluding carboxylic acids is 2. The number of hydrogen-bond donors (Lipinski definition) is 0. The van der Waals surface area contributed by atoms with Crippen LogP contribution < -0.4 is 0 Å². The fourth-order valence-corrected chi connectivity index (χ4v) is 4.75. The molecule has 0 aliphatic heterocycles. The summed E-state index contributed by atoms with van der Waals surface area (Å²) < 4.78 is 2.19. The molecule has 1 heterocycles. The van der Waals surface area contributed by atoms with E-state index in [1.165, 1.54) is 0 Å². The SMILES string of the molecule is Cc1cc(C)c(C(=O)C(=O)c2ccc3c(c2)c2ccccc2n3-c2ccccc2)c(C)c1. The van der Waals surface area contributed by atoms with Crippen molar-refractivity contribution in [3.63, 3.8) is 0 Å². The van der Waals surface area contributed by atoms with Crippen LogP contribution in [0.3, 0.4) is 0 Å². The van der Waals surface area contributed by atoms with E-state index in [1.807, 2.05) is 75.4 Å². The van der Waals surface area contributed by atoms with Crippen molar-refractivity contribution in [2.24, 2.45) is 0 Å². The van der Waals surface area contributed by atoms with Gasteiger partial charge in [0.15, 0.2) is 0 Å². The number of rotatable bonds is 4. The number of nitrogens with zero attached hydrogens (tertiary/aromatic N) is 1. The number of fused-ring (bicyclic) bond motifs is 3. The van der Waals surface area contributed by atoms with Crippen LogP contribution in [0.25, 0.3) is 27.5 Å². The molecule has 0 unspecified atom stereocenters. The van der Waals surface area contributed by atoms with E-state index in [0.717, 1.165) is 44.2 Å². The Morgan fingerprint density at radius 2 is 1.25 bits per heavy atom. The molecule has 32 heavy (non-hydrogen) atoms. The molecule has 5 rings (SSSR count). The predicted octanol–water partition coefficient (Wildman–Crippen LogP) is 6.77. The molecule has 0 aliphatic carbocycles. The van der Waals surface area contributed by atoms with E-state index in [1.54, 1.807) is 6.07 Å². The molecule has 0 radical (unpaired) electrons. The van der Waals surface area contributed by atoms with Crippen molar-refractivity contribution in [3.8, 4) is 5.69 Å². The van der Waals surface area contributed by atoms with Gasteiger partial charge in [-0.05, 0) is 68.3 Å². The van der Waals surface area contributed by atoms with Gasteiger partial charge >= 0.3 is 0 Å². The first kappa shape index (κ1) is 20.0. The van der Waals surface area contributed by atoms with Crippen LogP contribution in [0.1, 0.15) is 37.4 Å². The maximum atomic E-state index is 13.2. The Hall–Kier alpha value is -3.98. The molecule has 0 aliphatic rings. The molecule has 0 N–H and O–H groups in total. The summed E-state index contributed by atoms with van der Waals surface area (Å²) in [6.07, 6.45) is 0. The molecule has 0 saturated carbocycles. The molecule has 3 nitrogen and oxygen atoms in total. The highest BCUT2D eigenvalue weighted by Gasteiger charge is 2.23. The van der Waals surface area contributed by atoms with Gasteiger partial charge in [-0.1, -0.05) is 54.1 Å². The number of aryl methyl sites for hydroxylation is 3. The van der Waals surface area contributed by atoms with E-state index in [9.17, 15) is 9.59 Å². The molecule has 4 aromatic carbocycles. The molecule has 0 bridgehead atoms. The van der Waals surface area contributed by atoms with Crippen LogP contribution in [0.4, 0.5) is 0 Å². The van der Waals surface area contributed by atoms with Crippen LogP contribution in [0.2, 0.25) is 0 Å².